The van der Waals surface area contributed by atoms with Gasteiger partial charge in [0.25, 0.3) is 5.91 Å². The maximum atomic E-state index is 12.9. The summed E-state index contributed by atoms with van der Waals surface area (Å²) in [4.78, 5) is 16.3. The summed E-state index contributed by atoms with van der Waals surface area (Å²) in [5, 5.41) is 5.95. The van der Waals surface area contributed by atoms with Crippen molar-refractivity contribution in [2.24, 2.45) is 0 Å². The van der Waals surface area contributed by atoms with E-state index in [-0.39, 0.29) is 12.5 Å². The number of carbonyl (C=O) groups is 1. The molecular weight excluding hydrogens is 376 g/mol. The largest absolute Gasteiger partial charge is 0.482 e. The third-order valence-electron chi connectivity index (χ3n) is 4.63. The first kappa shape index (κ1) is 18.6. The zero-order chi connectivity index (χ0) is 19.5. The molecule has 8 heteroatoms. The molecule has 0 aliphatic carbocycles. The van der Waals surface area contributed by atoms with Crippen molar-refractivity contribution in [3.05, 3.63) is 48.3 Å². The number of fused-ring (bicyclic) bond motifs is 2. The number of anilines is 1. The minimum Gasteiger partial charge on any atom is -0.482 e. The molecule has 0 radical (unpaired) electrons. The number of nitrogens with one attached hydrogen (secondary N) is 2. The molecule has 1 fully saturated rings. The predicted molar refractivity (Wildman–Crippen MR) is 109 cm³/mol. The van der Waals surface area contributed by atoms with Gasteiger partial charge in [-0.3, -0.25) is 13.8 Å². The van der Waals surface area contributed by atoms with Crippen molar-refractivity contribution in [2.45, 2.75) is 24.7 Å². The highest BCUT2D eigenvalue weighted by atomic mass is 32.2. The molecule has 1 amide bonds. The van der Waals surface area contributed by atoms with E-state index in [4.69, 9.17) is 4.74 Å². The summed E-state index contributed by atoms with van der Waals surface area (Å²) in [6.45, 7) is 4.44. The molecule has 2 aliphatic rings. The van der Waals surface area contributed by atoms with Gasteiger partial charge in [0, 0.05) is 12.4 Å². The fraction of sp³-hybridized carbons (Fsp3) is 0.300. The Kier molecular flexibility index (Phi) is 5.40. The Morgan fingerprint density at radius 3 is 2.79 bits per heavy atom. The Bertz CT molecular complexity index is 1040. The molecular formula is C20H22N4O3S. The molecule has 0 bridgehead atoms. The van der Waals surface area contributed by atoms with E-state index in [2.05, 4.69) is 15.6 Å². The lowest BCUT2D eigenvalue weighted by Gasteiger charge is -2.18. The first-order chi connectivity index (χ1) is 13.6. The molecule has 2 aliphatic heterocycles. The third-order valence-corrected chi connectivity index (χ3v) is 5.95. The summed E-state index contributed by atoms with van der Waals surface area (Å²) in [6, 6.07) is 8.84. The Labute approximate surface area is 165 Å². The smallest absolute Gasteiger partial charge is 0.262 e. The summed E-state index contributed by atoms with van der Waals surface area (Å²) in [7, 11) is -1.44. The van der Waals surface area contributed by atoms with Crippen LogP contribution in [-0.4, -0.2) is 38.8 Å². The van der Waals surface area contributed by atoms with E-state index in [1.54, 1.807) is 28.4 Å². The van der Waals surface area contributed by atoms with Crippen LogP contribution in [0.3, 0.4) is 0 Å². The molecule has 7 nitrogen and oxygen atoms in total. The molecule has 2 N–H and O–H groups in total. The Morgan fingerprint density at radius 2 is 2.04 bits per heavy atom. The molecule has 0 saturated carbocycles. The molecule has 2 aromatic heterocycles. The molecule has 1 aromatic carbocycles. The van der Waals surface area contributed by atoms with Crippen LogP contribution >= 0.6 is 0 Å². The molecule has 5 rings (SSSR count). The molecule has 28 heavy (non-hydrogen) atoms. The predicted octanol–water partition coefficient (Wildman–Crippen LogP) is 2.62. The number of hydrogen-bond donors (Lipinski definition) is 2. The number of aryl methyl sites for hydroxylation is 1. The fourth-order valence-corrected chi connectivity index (χ4v) is 4.44. The normalized spacial score (nSPS) is 16.5. The van der Waals surface area contributed by atoms with Crippen molar-refractivity contribution in [1.82, 2.24) is 14.3 Å². The standard InChI is InChI=1S/C16H13N3O3S.C4H9N/c1-10-8-19(13-3-2-6-17-16(10)13)23(21)11-4-5-14-12(7-11)18-15(20)9-22-14;1-2-4-5-3-1/h2-8H,9H2,1H3,(H,18,20);5H,1-4H2. The summed E-state index contributed by atoms with van der Waals surface area (Å²) in [5.74, 6) is 0.368. The monoisotopic (exact) mass is 398 g/mol. The van der Waals surface area contributed by atoms with Gasteiger partial charge in [-0.25, -0.2) is 4.21 Å². The van der Waals surface area contributed by atoms with Crippen LogP contribution in [0.4, 0.5) is 5.69 Å². The minimum atomic E-state index is -1.44. The second-order valence-electron chi connectivity index (χ2n) is 6.71. The number of pyridine rings is 1. The summed E-state index contributed by atoms with van der Waals surface area (Å²) in [5.41, 5.74) is 3.14. The van der Waals surface area contributed by atoms with Crippen molar-refractivity contribution >= 4 is 33.6 Å². The van der Waals surface area contributed by atoms with Gasteiger partial charge in [0.15, 0.2) is 17.6 Å². The van der Waals surface area contributed by atoms with Gasteiger partial charge in [0.2, 0.25) is 0 Å². The van der Waals surface area contributed by atoms with Crippen molar-refractivity contribution < 1.29 is 13.7 Å². The minimum absolute atomic E-state index is 0.00252. The van der Waals surface area contributed by atoms with E-state index < -0.39 is 11.0 Å². The van der Waals surface area contributed by atoms with Crippen LogP contribution < -0.4 is 15.4 Å². The van der Waals surface area contributed by atoms with E-state index in [9.17, 15) is 9.00 Å². The van der Waals surface area contributed by atoms with E-state index in [0.717, 1.165) is 16.6 Å². The van der Waals surface area contributed by atoms with Crippen LogP contribution in [-0.2, 0) is 15.8 Å². The number of hydrogen-bond acceptors (Lipinski definition) is 5. The lowest BCUT2D eigenvalue weighted by Crippen LogP contribution is -2.25. The summed E-state index contributed by atoms with van der Waals surface area (Å²) >= 11 is 0. The number of benzene rings is 1. The number of amides is 1. The first-order valence-electron chi connectivity index (χ1n) is 9.26. The van der Waals surface area contributed by atoms with Crippen molar-refractivity contribution in [2.75, 3.05) is 25.0 Å². The lowest BCUT2D eigenvalue weighted by molar-refractivity contribution is -0.118. The van der Waals surface area contributed by atoms with Crippen molar-refractivity contribution in [3.8, 4) is 5.75 Å². The van der Waals surface area contributed by atoms with Gasteiger partial charge in [-0.05, 0) is 68.8 Å². The zero-order valence-electron chi connectivity index (χ0n) is 15.6. The van der Waals surface area contributed by atoms with Crippen LogP contribution in [0.2, 0.25) is 0 Å². The lowest BCUT2D eigenvalue weighted by atomic mass is 10.2. The van der Waals surface area contributed by atoms with Gasteiger partial charge in [-0.1, -0.05) is 0 Å². The number of rotatable bonds is 2. The van der Waals surface area contributed by atoms with Gasteiger partial charge < -0.3 is 15.4 Å². The third kappa shape index (κ3) is 3.79. The van der Waals surface area contributed by atoms with E-state index in [0.29, 0.717) is 16.3 Å². The highest BCUT2D eigenvalue weighted by Crippen LogP contribution is 2.30. The van der Waals surface area contributed by atoms with Crippen LogP contribution in [0.15, 0.2) is 47.6 Å². The van der Waals surface area contributed by atoms with Crippen molar-refractivity contribution in [3.63, 3.8) is 0 Å². The SMILES string of the molecule is C1CCNC1.Cc1cn(S(=O)c2ccc3c(c2)NC(=O)CO3)c2cccnc12. The molecule has 1 saturated heterocycles. The number of nitrogens with zero attached hydrogens (tertiary/aromatic N) is 2. The Hall–Kier alpha value is -2.71. The molecule has 4 heterocycles. The summed E-state index contributed by atoms with van der Waals surface area (Å²) in [6.07, 6.45) is 6.32. The van der Waals surface area contributed by atoms with Crippen LogP contribution in [0.25, 0.3) is 11.0 Å². The molecule has 3 aromatic rings. The topological polar surface area (TPSA) is 85.2 Å². The van der Waals surface area contributed by atoms with Gasteiger partial charge in [0.05, 0.1) is 21.6 Å². The quantitative estimate of drug-likeness (QED) is 0.693. The van der Waals surface area contributed by atoms with Crippen molar-refractivity contribution in [1.29, 1.82) is 0 Å². The van der Waals surface area contributed by atoms with E-state index in [1.807, 2.05) is 25.3 Å². The highest BCUT2D eigenvalue weighted by Gasteiger charge is 2.19. The van der Waals surface area contributed by atoms with Gasteiger partial charge in [0.1, 0.15) is 5.75 Å². The van der Waals surface area contributed by atoms with Gasteiger partial charge in [-0.15, -0.1) is 0 Å². The van der Waals surface area contributed by atoms with E-state index >= 15 is 0 Å². The average Bonchev–Trinajstić information content (AvgIpc) is 3.40. The molecule has 0 spiro atoms. The van der Waals surface area contributed by atoms with Gasteiger partial charge >= 0.3 is 0 Å². The molecule has 1 unspecified atom stereocenters. The van der Waals surface area contributed by atoms with E-state index in [1.165, 1.54) is 25.9 Å². The number of ether oxygens (including phenoxy) is 1. The van der Waals surface area contributed by atoms with Crippen LogP contribution in [0.5, 0.6) is 5.75 Å². The fourth-order valence-electron chi connectivity index (χ4n) is 3.23. The van der Waals surface area contributed by atoms with Gasteiger partial charge in [-0.2, -0.15) is 0 Å². The number of aromatic nitrogens is 2. The Balaban J connectivity index is 0.000000336. The first-order valence-corrected chi connectivity index (χ1v) is 10.4. The molecule has 1 atom stereocenters. The zero-order valence-corrected chi connectivity index (χ0v) is 16.4. The Morgan fingerprint density at radius 1 is 1.21 bits per heavy atom. The van der Waals surface area contributed by atoms with Crippen LogP contribution in [0.1, 0.15) is 18.4 Å². The highest BCUT2D eigenvalue weighted by molar-refractivity contribution is 7.83. The second kappa shape index (κ2) is 8.12. The van der Waals surface area contributed by atoms with Crippen LogP contribution in [0, 0.1) is 6.92 Å². The number of carbonyl (C=O) groups excluding carboxylic acids is 1. The molecule has 146 valence electrons. The maximum absolute atomic E-state index is 12.9. The second-order valence-corrected chi connectivity index (χ2v) is 8.07. The average molecular weight is 398 g/mol. The summed E-state index contributed by atoms with van der Waals surface area (Å²) < 4.78 is 19.9. The maximum Gasteiger partial charge on any atom is 0.262 e.